The Morgan fingerprint density at radius 2 is 2.26 bits per heavy atom. The fourth-order valence-corrected chi connectivity index (χ4v) is 2.11. The molecule has 1 aromatic heterocycles. The number of nitrogens with one attached hydrogen (secondary N) is 1. The lowest BCUT2D eigenvalue weighted by Gasteiger charge is -2.08. The zero-order valence-corrected chi connectivity index (χ0v) is 12.1. The molecular weight excluding hydrogens is 312 g/mol. The summed E-state index contributed by atoms with van der Waals surface area (Å²) in [6, 6.07) is 5.25. The van der Waals surface area contributed by atoms with E-state index in [9.17, 15) is 4.79 Å². The third kappa shape index (κ3) is 2.70. The minimum Gasteiger partial charge on any atom is -0.496 e. The van der Waals surface area contributed by atoms with Crippen LogP contribution in [-0.4, -0.2) is 22.8 Å². The summed E-state index contributed by atoms with van der Waals surface area (Å²) < 4.78 is 7.32. The van der Waals surface area contributed by atoms with E-state index in [0.717, 1.165) is 4.47 Å². The molecule has 3 N–H and O–H groups in total. The molecule has 0 fully saturated rings. The molecule has 6 nitrogen and oxygen atoms in total. The number of hydrogen-bond donors (Lipinski definition) is 2. The lowest BCUT2D eigenvalue weighted by molar-refractivity contribution is 0.102. The van der Waals surface area contributed by atoms with Gasteiger partial charge in [0.05, 0.1) is 17.8 Å². The van der Waals surface area contributed by atoms with Crippen molar-refractivity contribution >= 4 is 33.3 Å². The highest BCUT2D eigenvalue weighted by Gasteiger charge is 2.14. The molecule has 0 aliphatic carbocycles. The number of carbonyl (C=O) groups excluding carboxylic acids is 1. The van der Waals surface area contributed by atoms with E-state index in [0.29, 0.717) is 22.8 Å². The summed E-state index contributed by atoms with van der Waals surface area (Å²) in [4.78, 5) is 12.0. The molecular formula is C12H13BrN4O2. The van der Waals surface area contributed by atoms with E-state index in [1.54, 1.807) is 32.4 Å². The number of rotatable bonds is 3. The monoisotopic (exact) mass is 324 g/mol. The van der Waals surface area contributed by atoms with Crippen LogP contribution in [0.3, 0.4) is 0 Å². The summed E-state index contributed by atoms with van der Waals surface area (Å²) >= 11 is 3.35. The van der Waals surface area contributed by atoms with Crippen LogP contribution in [0.25, 0.3) is 0 Å². The number of anilines is 2. The lowest BCUT2D eigenvalue weighted by Crippen LogP contribution is -2.13. The summed E-state index contributed by atoms with van der Waals surface area (Å²) in [6.45, 7) is 0. The van der Waals surface area contributed by atoms with Crippen LogP contribution < -0.4 is 15.8 Å². The van der Waals surface area contributed by atoms with Gasteiger partial charge in [-0.15, -0.1) is 0 Å². The van der Waals surface area contributed by atoms with Crippen molar-refractivity contribution in [3.63, 3.8) is 0 Å². The van der Waals surface area contributed by atoms with Gasteiger partial charge in [0.1, 0.15) is 17.1 Å². The average Bonchev–Trinajstić information content (AvgIpc) is 2.70. The topological polar surface area (TPSA) is 82.2 Å². The molecule has 100 valence electrons. The van der Waals surface area contributed by atoms with Gasteiger partial charge in [-0.3, -0.25) is 9.48 Å². The minimum atomic E-state index is -0.303. The second-order valence-electron chi connectivity index (χ2n) is 3.87. The molecule has 0 bridgehead atoms. The van der Waals surface area contributed by atoms with Gasteiger partial charge in [0.2, 0.25) is 0 Å². The molecule has 2 aromatic rings. The van der Waals surface area contributed by atoms with Gasteiger partial charge < -0.3 is 15.8 Å². The molecule has 1 amide bonds. The largest absolute Gasteiger partial charge is 0.496 e. The Balaban J connectivity index is 2.19. The van der Waals surface area contributed by atoms with Crippen molar-refractivity contribution in [1.82, 2.24) is 9.78 Å². The van der Waals surface area contributed by atoms with Crippen molar-refractivity contribution in [3.8, 4) is 5.75 Å². The number of nitrogen functional groups attached to an aromatic ring is 1. The first-order valence-corrected chi connectivity index (χ1v) is 6.24. The number of benzene rings is 1. The van der Waals surface area contributed by atoms with Crippen molar-refractivity contribution in [3.05, 3.63) is 34.4 Å². The minimum absolute atomic E-state index is 0.303. The molecule has 1 heterocycles. The van der Waals surface area contributed by atoms with Crippen LogP contribution in [0.4, 0.5) is 11.5 Å². The van der Waals surface area contributed by atoms with Gasteiger partial charge in [-0.25, -0.2) is 0 Å². The van der Waals surface area contributed by atoms with Gasteiger partial charge >= 0.3 is 0 Å². The van der Waals surface area contributed by atoms with Crippen LogP contribution in [0.1, 0.15) is 10.4 Å². The van der Waals surface area contributed by atoms with E-state index >= 15 is 0 Å². The van der Waals surface area contributed by atoms with Gasteiger partial charge in [0.15, 0.2) is 0 Å². The number of carbonyl (C=O) groups is 1. The predicted octanol–water partition coefficient (Wildman–Crippen LogP) is 2.03. The zero-order chi connectivity index (χ0) is 14.0. The Morgan fingerprint density at radius 3 is 2.79 bits per heavy atom. The summed E-state index contributed by atoms with van der Waals surface area (Å²) in [7, 11) is 3.25. The van der Waals surface area contributed by atoms with E-state index in [1.807, 2.05) is 0 Å². The van der Waals surface area contributed by atoms with E-state index in [2.05, 4.69) is 26.3 Å². The third-order valence-corrected chi connectivity index (χ3v) is 3.26. The second kappa shape index (κ2) is 5.31. The second-order valence-corrected chi connectivity index (χ2v) is 4.72. The van der Waals surface area contributed by atoms with Gasteiger partial charge in [-0.1, -0.05) is 0 Å². The van der Waals surface area contributed by atoms with Crippen LogP contribution in [-0.2, 0) is 7.05 Å². The molecule has 7 heteroatoms. The molecule has 0 saturated heterocycles. The first kappa shape index (κ1) is 13.4. The lowest BCUT2D eigenvalue weighted by atomic mass is 10.2. The van der Waals surface area contributed by atoms with Gasteiger partial charge in [0.25, 0.3) is 5.91 Å². The smallest absolute Gasteiger partial charge is 0.261 e. The zero-order valence-electron chi connectivity index (χ0n) is 10.5. The van der Waals surface area contributed by atoms with Crippen LogP contribution in [0, 0.1) is 0 Å². The van der Waals surface area contributed by atoms with Crippen LogP contribution in [0.2, 0.25) is 0 Å². The highest BCUT2D eigenvalue weighted by molar-refractivity contribution is 9.10. The molecule has 0 unspecified atom stereocenters. The molecule has 0 aliphatic rings. The van der Waals surface area contributed by atoms with Crippen molar-refractivity contribution in [2.45, 2.75) is 0 Å². The Kier molecular flexibility index (Phi) is 3.75. The number of halogens is 1. The third-order valence-electron chi connectivity index (χ3n) is 2.64. The average molecular weight is 325 g/mol. The van der Waals surface area contributed by atoms with E-state index < -0.39 is 0 Å². The number of amides is 1. The Morgan fingerprint density at radius 1 is 1.53 bits per heavy atom. The highest BCUT2D eigenvalue weighted by atomic mass is 79.9. The van der Waals surface area contributed by atoms with Gasteiger partial charge in [-0.05, 0) is 34.1 Å². The Hall–Kier alpha value is -2.02. The molecule has 0 spiro atoms. The Labute approximate surface area is 118 Å². The number of aryl methyl sites for hydroxylation is 1. The number of methoxy groups -OCH3 is 1. The van der Waals surface area contributed by atoms with Crippen molar-refractivity contribution in [2.24, 2.45) is 7.05 Å². The van der Waals surface area contributed by atoms with Gasteiger partial charge in [0, 0.05) is 12.7 Å². The standard InChI is InChI=1S/C12H13BrN4O2/c1-17-11(14)8(6-15-17)12(18)16-7-3-4-10(19-2)9(13)5-7/h3-6H,14H2,1-2H3,(H,16,18). The number of hydrogen-bond acceptors (Lipinski definition) is 4. The fraction of sp³-hybridized carbons (Fsp3) is 0.167. The maximum atomic E-state index is 12.0. The van der Waals surface area contributed by atoms with Crippen molar-refractivity contribution in [1.29, 1.82) is 0 Å². The molecule has 0 atom stereocenters. The van der Waals surface area contributed by atoms with Gasteiger partial charge in [-0.2, -0.15) is 5.10 Å². The number of ether oxygens (including phenoxy) is 1. The molecule has 0 radical (unpaired) electrons. The van der Waals surface area contributed by atoms with E-state index in [4.69, 9.17) is 10.5 Å². The molecule has 0 saturated carbocycles. The molecule has 19 heavy (non-hydrogen) atoms. The normalized spacial score (nSPS) is 10.3. The molecule has 1 aromatic carbocycles. The molecule has 0 aliphatic heterocycles. The van der Waals surface area contributed by atoms with Crippen molar-refractivity contribution < 1.29 is 9.53 Å². The van der Waals surface area contributed by atoms with E-state index in [-0.39, 0.29) is 5.91 Å². The van der Waals surface area contributed by atoms with Crippen LogP contribution in [0.5, 0.6) is 5.75 Å². The maximum Gasteiger partial charge on any atom is 0.261 e. The first-order valence-electron chi connectivity index (χ1n) is 5.45. The highest BCUT2D eigenvalue weighted by Crippen LogP contribution is 2.28. The summed E-state index contributed by atoms with van der Waals surface area (Å²) in [5, 5.41) is 6.67. The quantitative estimate of drug-likeness (QED) is 0.905. The number of aromatic nitrogens is 2. The number of nitrogens with zero attached hydrogens (tertiary/aromatic N) is 2. The predicted molar refractivity (Wildman–Crippen MR) is 76.3 cm³/mol. The summed E-state index contributed by atoms with van der Waals surface area (Å²) in [5.41, 5.74) is 6.72. The molecule has 2 rings (SSSR count). The van der Waals surface area contributed by atoms with Crippen molar-refractivity contribution in [2.75, 3.05) is 18.2 Å². The first-order chi connectivity index (χ1) is 9.02. The van der Waals surface area contributed by atoms with E-state index in [1.165, 1.54) is 10.9 Å². The van der Waals surface area contributed by atoms with Crippen LogP contribution >= 0.6 is 15.9 Å². The SMILES string of the molecule is COc1ccc(NC(=O)c2cnn(C)c2N)cc1Br. The van der Waals surface area contributed by atoms with Crippen LogP contribution in [0.15, 0.2) is 28.9 Å². The summed E-state index contributed by atoms with van der Waals surface area (Å²) in [5.74, 6) is 0.714. The maximum absolute atomic E-state index is 12.0. The summed E-state index contributed by atoms with van der Waals surface area (Å²) in [6.07, 6.45) is 1.43. The Bertz CT molecular complexity index is 624. The fourth-order valence-electron chi connectivity index (χ4n) is 1.56. The number of nitrogens with two attached hydrogens (primary N) is 1.